The van der Waals surface area contributed by atoms with Gasteiger partial charge in [0.2, 0.25) is 0 Å². The van der Waals surface area contributed by atoms with Gasteiger partial charge in [0.15, 0.2) is 5.82 Å². The second-order valence-corrected chi connectivity index (χ2v) is 4.47. The summed E-state index contributed by atoms with van der Waals surface area (Å²) in [6.07, 6.45) is 3.09. The molecule has 5 nitrogen and oxygen atoms in total. The Morgan fingerprint density at radius 1 is 1.60 bits per heavy atom. The molecule has 15 heavy (non-hydrogen) atoms. The summed E-state index contributed by atoms with van der Waals surface area (Å²) in [6, 6.07) is 0. The zero-order valence-corrected chi connectivity index (χ0v) is 9.45. The Bertz CT molecular complexity index is 372. The zero-order valence-electron chi connectivity index (χ0n) is 9.45. The van der Waals surface area contributed by atoms with Crippen LogP contribution < -0.4 is 16.2 Å². The molecule has 0 bridgehead atoms. The van der Waals surface area contributed by atoms with E-state index < -0.39 is 0 Å². The first-order valence-corrected chi connectivity index (χ1v) is 4.91. The summed E-state index contributed by atoms with van der Waals surface area (Å²) in [5, 5.41) is 0. The third-order valence-electron chi connectivity index (χ3n) is 2.27. The van der Waals surface area contributed by atoms with Crippen molar-refractivity contribution in [1.29, 1.82) is 0 Å². The molecule has 0 aromatic carbocycles. The number of hydrogen-bond donors (Lipinski definition) is 2. The van der Waals surface area contributed by atoms with E-state index in [0.29, 0.717) is 18.9 Å². The van der Waals surface area contributed by atoms with Crippen LogP contribution in [0.2, 0.25) is 0 Å². The lowest BCUT2D eigenvalue weighted by Crippen LogP contribution is -2.39. The molecule has 1 rings (SSSR count). The Morgan fingerprint density at radius 2 is 2.27 bits per heavy atom. The van der Waals surface area contributed by atoms with E-state index in [1.54, 1.807) is 6.20 Å². The van der Waals surface area contributed by atoms with Gasteiger partial charge in [0, 0.05) is 26.0 Å². The van der Waals surface area contributed by atoms with Gasteiger partial charge >= 0.3 is 0 Å². The summed E-state index contributed by atoms with van der Waals surface area (Å²) in [7, 11) is 1.84. The molecule has 1 aromatic heterocycles. The molecule has 0 spiro atoms. The van der Waals surface area contributed by atoms with Gasteiger partial charge in [0.05, 0.1) is 0 Å². The lowest BCUT2D eigenvalue weighted by molar-refractivity contribution is 0.384. The highest BCUT2D eigenvalue weighted by molar-refractivity contribution is 5.34. The summed E-state index contributed by atoms with van der Waals surface area (Å²) in [5.74, 6) is 0.430. The van der Waals surface area contributed by atoms with Crippen molar-refractivity contribution in [1.82, 2.24) is 9.97 Å². The largest absolute Gasteiger partial charge is 0.355 e. The molecule has 0 saturated heterocycles. The molecule has 5 heteroatoms. The normalized spacial score (nSPS) is 11.5. The average molecular weight is 210 g/mol. The van der Waals surface area contributed by atoms with Gasteiger partial charge in [-0.3, -0.25) is 4.79 Å². The summed E-state index contributed by atoms with van der Waals surface area (Å²) in [5.41, 5.74) is 5.44. The number of hydrogen-bond acceptors (Lipinski definition) is 4. The molecule has 0 amide bonds. The SMILES string of the molecule is CN(CC(C)(C)CN)c1ncc[nH]c1=O. The first-order valence-electron chi connectivity index (χ1n) is 4.91. The molecule has 0 unspecified atom stereocenters. The lowest BCUT2D eigenvalue weighted by atomic mass is 9.93. The minimum absolute atomic E-state index is 0.0291. The van der Waals surface area contributed by atoms with Gasteiger partial charge in [-0.05, 0) is 12.0 Å². The van der Waals surface area contributed by atoms with E-state index >= 15 is 0 Å². The molecule has 0 aliphatic carbocycles. The van der Waals surface area contributed by atoms with E-state index in [1.807, 2.05) is 11.9 Å². The number of nitrogens with two attached hydrogens (primary N) is 1. The molecular formula is C10H18N4O. The summed E-state index contributed by atoms with van der Waals surface area (Å²) >= 11 is 0. The van der Waals surface area contributed by atoms with Crippen molar-refractivity contribution < 1.29 is 0 Å². The Hall–Kier alpha value is -1.36. The second-order valence-electron chi connectivity index (χ2n) is 4.47. The predicted molar refractivity (Wildman–Crippen MR) is 61.0 cm³/mol. The van der Waals surface area contributed by atoms with Gasteiger partial charge < -0.3 is 15.6 Å². The quantitative estimate of drug-likeness (QED) is 0.744. The zero-order chi connectivity index (χ0) is 11.5. The Kier molecular flexibility index (Phi) is 3.47. The van der Waals surface area contributed by atoms with Crippen molar-refractivity contribution in [3.05, 3.63) is 22.7 Å². The fraction of sp³-hybridized carbons (Fsp3) is 0.600. The molecule has 84 valence electrons. The number of nitrogens with zero attached hydrogens (tertiary/aromatic N) is 2. The number of aromatic nitrogens is 2. The highest BCUT2D eigenvalue weighted by Crippen LogP contribution is 2.15. The number of H-pyrrole nitrogens is 1. The molecular weight excluding hydrogens is 192 g/mol. The van der Waals surface area contributed by atoms with E-state index in [4.69, 9.17) is 5.73 Å². The van der Waals surface area contributed by atoms with Crippen LogP contribution >= 0.6 is 0 Å². The smallest absolute Gasteiger partial charge is 0.290 e. The van der Waals surface area contributed by atoms with Crippen LogP contribution in [0, 0.1) is 5.41 Å². The molecule has 0 radical (unpaired) electrons. The number of nitrogens with one attached hydrogen (secondary N) is 1. The average Bonchev–Trinajstić information content (AvgIpc) is 2.17. The summed E-state index contributed by atoms with van der Waals surface area (Å²) < 4.78 is 0. The standard InChI is InChI=1S/C10H18N4O/c1-10(2,6-11)7-14(3)8-9(15)13-5-4-12-8/h4-5H,6-7,11H2,1-3H3,(H,13,15). The summed E-state index contributed by atoms with van der Waals surface area (Å²) in [6.45, 7) is 5.38. The van der Waals surface area contributed by atoms with E-state index in [2.05, 4.69) is 23.8 Å². The van der Waals surface area contributed by atoms with Crippen LogP contribution in [0.4, 0.5) is 5.82 Å². The first-order chi connectivity index (χ1) is 6.96. The van der Waals surface area contributed by atoms with Crippen LogP contribution in [-0.2, 0) is 0 Å². The minimum atomic E-state index is -0.173. The van der Waals surface area contributed by atoms with Gasteiger partial charge in [0.25, 0.3) is 5.56 Å². The van der Waals surface area contributed by atoms with Gasteiger partial charge in [-0.1, -0.05) is 13.8 Å². The molecule has 3 N–H and O–H groups in total. The predicted octanol–water partition coefficient (Wildman–Crippen LogP) is 0.191. The molecule has 1 heterocycles. The van der Waals surface area contributed by atoms with Crippen molar-refractivity contribution in [2.45, 2.75) is 13.8 Å². The maximum absolute atomic E-state index is 11.4. The van der Waals surface area contributed by atoms with Crippen LogP contribution in [-0.4, -0.2) is 30.1 Å². The number of anilines is 1. The lowest BCUT2D eigenvalue weighted by Gasteiger charge is -2.28. The van der Waals surface area contributed by atoms with Crippen molar-refractivity contribution in [2.24, 2.45) is 11.1 Å². The van der Waals surface area contributed by atoms with Crippen molar-refractivity contribution in [3.8, 4) is 0 Å². The van der Waals surface area contributed by atoms with Gasteiger partial charge in [0.1, 0.15) is 0 Å². The maximum atomic E-state index is 11.4. The molecule has 0 fully saturated rings. The third-order valence-corrected chi connectivity index (χ3v) is 2.27. The van der Waals surface area contributed by atoms with Gasteiger partial charge in [-0.25, -0.2) is 4.98 Å². The van der Waals surface area contributed by atoms with Gasteiger partial charge in [-0.2, -0.15) is 0 Å². The fourth-order valence-electron chi connectivity index (χ4n) is 1.40. The molecule has 0 atom stereocenters. The van der Waals surface area contributed by atoms with E-state index in [1.165, 1.54) is 6.20 Å². The first kappa shape index (κ1) is 11.7. The fourth-order valence-corrected chi connectivity index (χ4v) is 1.40. The van der Waals surface area contributed by atoms with Crippen LogP contribution in [0.15, 0.2) is 17.2 Å². The summed E-state index contributed by atoms with van der Waals surface area (Å²) in [4.78, 5) is 19.9. The van der Waals surface area contributed by atoms with Crippen molar-refractivity contribution in [2.75, 3.05) is 25.0 Å². The topological polar surface area (TPSA) is 75.0 Å². The van der Waals surface area contributed by atoms with Crippen LogP contribution in [0.25, 0.3) is 0 Å². The van der Waals surface area contributed by atoms with E-state index in [9.17, 15) is 4.79 Å². The Morgan fingerprint density at radius 3 is 2.80 bits per heavy atom. The number of rotatable bonds is 4. The van der Waals surface area contributed by atoms with Crippen molar-refractivity contribution in [3.63, 3.8) is 0 Å². The van der Waals surface area contributed by atoms with Crippen LogP contribution in [0.1, 0.15) is 13.8 Å². The Balaban J connectivity index is 2.82. The highest BCUT2D eigenvalue weighted by atomic mass is 16.1. The van der Waals surface area contributed by atoms with Crippen molar-refractivity contribution >= 4 is 5.82 Å². The number of aromatic amines is 1. The maximum Gasteiger partial charge on any atom is 0.290 e. The van der Waals surface area contributed by atoms with E-state index in [0.717, 1.165) is 0 Å². The second kappa shape index (κ2) is 4.44. The van der Waals surface area contributed by atoms with Crippen LogP contribution in [0.5, 0.6) is 0 Å². The minimum Gasteiger partial charge on any atom is -0.355 e. The monoisotopic (exact) mass is 210 g/mol. The molecule has 0 aliphatic heterocycles. The third kappa shape index (κ3) is 3.06. The van der Waals surface area contributed by atoms with Gasteiger partial charge in [-0.15, -0.1) is 0 Å². The van der Waals surface area contributed by atoms with E-state index in [-0.39, 0.29) is 11.0 Å². The Labute approximate surface area is 89.3 Å². The highest BCUT2D eigenvalue weighted by Gasteiger charge is 2.19. The molecule has 0 aliphatic rings. The molecule has 0 saturated carbocycles. The molecule has 1 aromatic rings. The van der Waals surface area contributed by atoms with Crippen LogP contribution in [0.3, 0.4) is 0 Å².